The molecule has 0 aromatic carbocycles. The Morgan fingerprint density at radius 3 is 2.74 bits per heavy atom. The molecule has 0 amide bonds. The van der Waals surface area contributed by atoms with Crippen molar-refractivity contribution in [2.24, 2.45) is 10.9 Å². The summed E-state index contributed by atoms with van der Waals surface area (Å²) in [7, 11) is 1.83. The first-order chi connectivity index (χ1) is 12.7. The molecule has 0 radical (unpaired) electrons. The van der Waals surface area contributed by atoms with Crippen LogP contribution in [0.2, 0.25) is 0 Å². The zero-order valence-corrected chi connectivity index (χ0v) is 19.3. The summed E-state index contributed by atoms with van der Waals surface area (Å²) in [6, 6.07) is 5.75. The average molecular weight is 488 g/mol. The number of halogens is 1. The number of nitrogens with one attached hydrogen (secondary N) is 2. The SMILES string of the molecule is CN=C(NCCCCn1ccccc1=O)NC(C)CCC1CCCCC1.I. The Kier molecular flexibility index (Phi) is 12.5. The molecule has 1 aromatic rings. The molecule has 27 heavy (non-hydrogen) atoms. The molecule has 0 bridgehead atoms. The molecule has 1 unspecified atom stereocenters. The second-order valence-electron chi connectivity index (χ2n) is 7.57. The van der Waals surface area contributed by atoms with Crippen LogP contribution < -0.4 is 16.2 Å². The van der Waals surface area contributed by atoms with Crippen molar-refractivity contribution in [3.05, 3.63) is 34.7 Å². The molecule has 1 heterocycles. The molecule has 154 valence electrons. The quantitative estimate of drug-likeness (QED) is 0.238. The van der Waals surface area contributed by atoms with Crippen molar-refractivity contribution in [3.8, 4) is 0 Å². The zero-order valence-electron chi connectivity index (χ0n) is 17.0. The maximum Gasteiger partial charge on any atom is 0.250 e. The van der Waals surface area contributed by atoms with Crippen molar-refractivity contribution in [2.45, 2.75) is 77.3 Å². The van der Waals surface area contributed by atoms with E-state index in [0.717, 1.165) is 37.8 Å². The van der Waals surface area contributed by atoms with E-state index in [1.807, 2.05) is 19.3 Å². The van der Waals surface area contributed by atoms with Crippen LogP contribution in [0.1, 0.15) is 64.7 Å². The van der Waals surface area contributed by atoms with E-state index in [1.54, 1.807) is 16.7 Å². The third-order valence-electron chi connectivity index (χ3n) is 5.36. The molecule has 0 aliphatic heterocycles. The van der Waals surface area contributed by atoms with E-state index in [1.165, 1.54) is 44.9 Å². The third-order valence-corrected chi connectivity index (χ3v) is 5.36. The summed E-state index contributed by atoms with van der Waals surface area (Å²) in [6.45, 7) is 3.89. The Morgan fingerprint density at radius 2 is 2.04 bits per heavy atom. The highest BCUT2D eigenvalue weighted by atomic mass is 127. The normalized spacial score (nSPS) is 16.4. The molecular weight excluding hydrogens is 451 g/mol. The van der Waals surface area contributed by atoms with E-state index in [-0.39, 0.29) is 29.5 Å². The van der Waals surface area contributed by atoms with E-state index in [0.29, 0.717) is 6.04 Å². The van der Waals surface area contributed by atoms with Gasteiger partial charge in [0.25, 0.3) is 0 Å². The molecule has 1 aliphatic carbocycles. The van der Waals surface area contributed by atoms with Crippen molar-refractivity contribution in [1.82, 2.24) is 15.2 Å². The van der Waals surface area contributed by atoms with Crippen molar-refractivity contribution in [3.63, 3.8) is 0 Å². The molecule has 1 saturated carbocycles. The van der Waals surface area contributed by atoms with Gasteiger partial charge in [-0.1, -0.05) is 38.2 Å². The first-order valence-electron chi connectivity index (χ1n) is 10.3. The third kappa shape index (κ3) is 9.63. The highest BCUT2D eigenvalue weighted by Gasteiger charge is 2.14. The number of rotatable bonds is 9. The van der Waals surface area contributed by atoms with Crippen LogP contribution in [0.3, 0.4) is 0 Å². The van der Waals surface area contributed by atoms with Crippen LogP contribution in [0.5, 0.6) is 0 Å². The number of aryl methyl sites for hydroxylation is 1. The van der Waals surface area contributed by atoms with Gasteiger partial charge < -0.3 is 15.2 Å². The van der Waals surface area contributed by atoms with E-state index in [4.69, 9.17) is 0 Å². The van der Waals surface area contributed by atoms with Gasteiger partial charge in [-0.2, -0.15) is 0 Å². The molecule has 6 heteroatoms. The van der Waals surface area contributed by atoms with Gasteiger partial charge in [-0.05, 0) is 44.6 Å². The van der Waals surface area contributed by atoms with Crippen molar-refractivity contribution in [2.75, 3.05) is 13.6 Å². The van der Waals surface area contributed by atoms with Crippen LogP contribution in [0.4, 0.5) is 0 Å². The van der Waals surface area contributed by atoms with Gasteiger partial charge in [0.1, 0.15) is 0 Å². The number of unbranched alkanes of at least 4 members (excludes halogenated alkanes) is 1. The fourth-order valence-electron chi connectivity index (χ4n) is 3.72. The van der Waals surface area contributed by atoms with Gasteiger partial charge in [-0.3, -0.25) is 9.79 Å². The maximum atomic E-state index is 11.7. The maximum absolute atomic E-state index is 11.7. The highest BCUT2D eigenvalue weighted by Crippen LogP contribution is 2.27. The van der Waals surface area contributed by atoms with E-state index >= 15 is 0 Å². The highest BCUT2D eigenvalue weighted by molar-refractivity contribution is 14.0. The number of aliphatic imine (C=N–C) groups is 1. The Morgan fingerprint density at radius 1 is 1.26 bits per heavy atom. The van der Waals surface area contributed by atoms with Crippen LogP contribution in [0, 0.1) is 5.92 Å². The number of hydrogen-bond donors (Lipinski definition) is 2. The summed E-state index contributed by atoms with van der Waals surface area (Å²) in [5, 5.41) is 6.90. The molecular formula is C21H37IN4O. The molecule has 1 fully saturated rings. The Hall–Kier alpha value is -1.05. The number of hydrogen-bond acceptors (Lipinski definition) is 2. The Bertz CT molecular complexity index is 596. The van der Waals surface area contributed by atoms with E-state index in [2.05, 4.69) is 22.5 Å². The fourth-order valence-corrected chi connectivity index (χ4v) is 3.72. The molecule has 2 N–H and O–H groups in total. The lowest BCUT2D eigenvalue weighted by Gasteiger charge is -2.24. The number of nitrogens with zero attached hydrogens (tertiary/aromatic N) is 2. The van der Waals surface area contributed by atoms with Crippen LogP contribution in [-0.4, -0.2) is 30.2 Å². The molecule has 0 spiro atoms. The summed E-state index contributed by atoms with van der Waals surface area (Å²) >= 11 is 0. The molecule has 5 nitrogen and oxygen atoms in total. The first kappa shape index (κ1) is 24.0. The van der Waals surface area contributed by atoms with Crippen LogP contribution in [-0.2, 0) is 6.54 Å². The van der Waals surface area contributed by atoms with Gasteiger partial charge in [-0.25, -0.2) is 0 Å². The average Bonchev–Trinajstić information content (AvgIpc) is 2.67. The van der Waals surface area contributed by atoms with E-state index in [9.17, 15) is 4.79 Å². The predicted octanol–water partition coefficient (Wildman–Crippen LogP) is 4.16. The number of pyridine rings is 1. The molecule has 1 aromatic heterocycles. The van der Waals surface area contributed by atoms with Crippen molar-refractivity contribution < 1.29 is 0 Å². The standard InChI is InChI=1S/C21H36N4O.HI/c1-18(13-14-19-10-4-3-5-11-19)24-21(22-2)23-15-7-9-17-25-16-8-6-12-20(25)26;/h6,8,12,16,18-19H,3-5,7,9-11,13-15,17H2,1-2H3,(H2,22,23,24);1H. The number of guanidine groups is 1. The smallest absolute Gasteiger partial charge is 0.250 e. The van der Waals surface area contributed by atoms with Gasteiger partial charge in [0.15, 0.2) is 5.96 Å². The molecule has 1 aliphatic rings. The Labute approximate surface area is 181 Å². The van der Waals surface area contributed by atoms with Gasteiger partial charge in [0.05, 0.1) is 0 Å². The van der Waals surface area contributed by atoms with Gasteiger partial charge >= 0.3 is 0 Å². The summed E-state index contributed by atoms with van der Waals surface area (Å²) < 4.78 is 1.76. The van der Waals surface area contributed by atoms with Crippen molar-refractivity contribution >= 4 is 29.9 Å². The number of aromatic nitrogens is 1. The topological polar surface area (TPSA) is 58.4 Å². The summed E-state index contributed by atoms with van der Waals surface area (Å²) in [5.41, 5.74) is 0.0738. The lowest BCUT2D eigenvalue weighted by Crippen LogP contribution is -2.42. The first-order valence-corrected chi connectivity index (χ1v) is 10.3. The monoisotopic (exact) mass is 488 g/mol. The minimum atomic E-state index is 0. The zero-order chi connectivity index (χ0) is 18.6. The predicted molar refractivity (Wildman–Crippen MR) is 125 cm³/mol. The second-order valence-corrected chi connectivity index (χ2v) is 7.57. The van der Waals surface area contributed by atoms with Gasteiger partial charge in [-0.15, -0.1) is 24.0 Å². The van der Waals surface area contributed by atoms with Gasteiger partial charge in [0.2, 0.25) is 5.56 Å². The lowest BCUT2D eigenvalue weighted by molar-refractivity contribution is 0.322. The van der Waals surface area contributed by atoms with Crippen molar-refractivity contribution in [1.29, 1.82) is 0 Å². The summed E-state index contributed by atoms with van der Waals surface area (Å²) in [6.07, 6.45) is 13.5. The van der Waals surface area contributed by atoms with Crippen LogP contribution in [0.15, 0.2) is 34.2 Å². The molecule has 2 rings (SSSR count). The van der Waals surface area contributed by atoms with Crippen LogP contribution in [0.25, 0.3) is 0 Å². The Balaban J connectivity index is 0.00000364. The summed E-state index contributed by atoms with van der Waals surface area (Å²) in [4.78, 5) is 16.0. The van der Waals surface area contributed by atoms with Crippen LogP contribution >= 0.6 is 24.0 Å². The van der Waals surface area contributed by atoms with E-state index < -0.39 is 0 Å². The van der Waals surface area contributed by atoms with Gasteiger partial charge in [0, 0.05) is 38.4 Å². The largest absolute Gasteiger partial charge is 0.356 e. The lowest BCUT2D eigenvalue weighted by atomic mass is 9.85. The second kappa shape index (κ2) is 14.0. The minimum Gasteiger partial charge on any atom is -0.356 e. The molecule has 1 atom stereocenters. The summed E-state index contributed by atoms with van der Waals surface area (Å²) in [5.74, 6) is 1.82. The fraction of sp³-hybridized carbons (Fsp3) is 0.714. The molecule has 0 saturated heterocycles. The minimum absolute atomic E-state index is 0.